The van der Waals surface area contributed by atoms with Gasteiger partial charge in [0.1, 0.15) is 12.2 Å². The smallest absolute Gasteiger partial charge is 0.311 e. The molecule has 0 N–H and O–H groups in total. The molecule has 1 aliphatic heterocycles. The van der Waals surface area contributed by atoms with Crippen molar-refractivity contribution in [3.05, 3.63) is 0 Å². The predicted molar refractivity (Wildman–Crippen MR) is 97.6 cm³/mol. The summed E-state index contributed by atoms with van der Waals surface area (Å²) in [5.74, 6) is 0.168. The number of hydrogen-bond donors (Lipinski definition) is 0. The Kier molecular flexibility index (Phi) is 6.11. The zero-order valence-electron chi connectivity index (χ0n) is 16.7. The fraction of sp³-hybridized carbons (Fsp3) is 0.857. The maximum atomic E-state index is 12.1. The zero-order chi connectivity index (χ0) is 19.6. The quantitative estimate of drug-likeness (QED) is 0.328. The van der Waals surface area contributed by atoms with Gasteiger partial charge in [0.15, 0.2) is 0 Å². The molecule has 3 fully saturated rings. The maximum Gasteiger partial charge on any atom is 0.311 e. The van der Waals surface area contributed by atoms with Crippen LogP contribution < -0.4 is 0 Å². The molecule has 152 valence electrons. The SMILES string of the molecule is CCC(C)(C)C(=O)OCCCCCCC(=O)OC1C2CC3C(=O)OC1C3C2. The second-order valence-electron chi connectivity index (χ2n) is 8.90. The van der Waals surface area contributed by atoms with E-state index in [4.69, 9.17) is 14.2 Å². The lowest BCUT2D eigenvalue weighted by atomic mass is 9.88. The van der Waals surface area contributed by atoms with Gasteiger partial charge in [-0.1, -0.05) is 19.8 Å². The minimum absolute atomic E-state index is 0.0481. The molecule has 0 aromatic heterocycles. The van der Waals surface area contributed by atoms with Crippen molar-refractivity contribution in [1.82, 2.24) is 0 Å². The third kappa shape index (κ3) is 4.30. The van der Waals surface area contributed by atoms with Crippen LogP contribution >= 0.6 is 0 Å². The Morgan fingerprint density at radius 1 is 1.15 bits per heavy atom. The lowest BCUT2D eigenvalue weighted by Gasteiger charge is -2.25. The summed E-state index contributed by atoms with van der Waals surface area (Å²) < 4.78 is 16.4. The lowest BCUT2D eigenvalue weighted by molar-refractivity contribution is -0.161. The van der Waals surface area contributed by atoms with Crippen LogP contribution in [0.25, 0.3) is 0 Å². The molecule has 0 aromatic carbocycles. The standard InChI is InChI=1S/C21H32O6/c1-4-21(2,3)20(24)25-10-8-6-5-7-9-16(22)26-17-13-11-14-15(12-13)19(23)27-18(14)17/h13-15,17-18H,4-12H2,1-3H3. The summed E-state index contributed by atoms with van der Waals surface area (Å²) in [7, 11) is 0. The van der Waals surface area contributed by atoms with E-state index in [-0.39, 0.29) is 42.0 Å². The van der Waals surface area contributed by atoms with Crippen molar-refractivity contribution in [1.29, 1.82) is 0 Å². The molecular formula is C21H32O6. The molecule has 6 nitrogen and oxygen atoms in total. The molecule has 5 atom stereocenters. The number of unbranched alkanes of at least 4 members (excludes halogenated alkanes) is 3. The fourth-order valence-corrected chi connectivity index (χ4v) is 4.50. The second-order valence-corrected chi connectivity index (χ2v) is 8.90. The maximum absolute atomic E-state index is 12.1. The Morgan fingerprint density at radius 3 is 2.63 bits per heavy atom. The molecule has 0 spiro atoms. The highest BCUT2D eigenvalue weighted by molar-refractivity contribution is 5.77. The van der Waals surface area contributed by atoms with Gasteiger partial charge in [-0.3, -0.25) is 14.4 Å². The third-order valence-corrected chi connectivity index (χ3v) is 6.63. The summed E-state index contributed by atoms with van der Waals surface area (Å²) in [5.41, 5.74) is -0.420. The minimum atomic E-state index is -0.420. The lowest BCUT2D eigenvalue weighted by Crippen LogP contribution is -2.35. The van der Waals surface area contributed by atoms with Gasteiger partial charge in [0, 0.05) is 18.3 Å². The number of carbonyl (C=O) groups is 3. The number of fused-ring (bicyclic) bond motifs is 1. The molecule has 2 aliphatic carbocycles. The van der Waals surface area contributed by atoms with E-state index in [1.807, 2.05) is 20.8 Å². The Balaban J connectivity index is 1.25. The van der Waals surface area contributed by atoms with Crippen molar-refractivity contribution in [3.8, 4) is 0 Å². The van der Waals surface area contributed by atoms with E-state index in [0.717, 1.165) is 44.9 Å². The summed E-state index contributed by atoms with van der Waals surface area (Å²) in [6.45, 7) is 6.20. The minimum Gasteiger partial charge on any atom is -0.465 e. The van der Waals surface area contributed by atoms with Crippen molar-refractivity contribution in [2.75, 3.05) is 6.61 Å². The van der Waals surface area contributed by atoms with Crippen LogP contribution in [0, 0.1) is 23.2 Å². The van der Waals surface area contributed by atoms with Crippen molar-refractivity contribution in [2.24, 2.45) is 23.2 Å². The van der Waals surface area contributed by atoms with E-state index in [0.29, 0.717) is 18.9 Å². The number of hydrogen-bond acceptors (Lipinski definition) is 6. The van der Waals surface area contributed by atoms with E-state index < -0.39 is 5.41 Å². The highest BCUT2D eigenvalue weighted by Crippen LogP contribution is 2.55. The Hall–Kier alpha value is -1.59. The van der Waals surface area contributed by atoms with Crippen LogP contribution in [-0.2, 0) is 28.6 Å². The summed E-state index contributed by atoms with van der Waals surface area (Å²) >= 11 is 0. The van der Waals surface area contributed by atoms with Crippen molar-refractivity contribution < 1.29 is 28.6 Å². The van der Waals surface area contributed by atoms with Gasteiger partial charge in [-0.2, -0.15) is 0 Å². The summed E-state index contributed by atoms with van der Waals surface area (Å²) in [6.07, 6.45) is 5.88. The molecule has 3 rings (SSSR count). The largest absolute Gasteiger partial charge is 0.465 e. The van der Waals surface area contributed by atoms with Crippen LogP contribution in [0.5, 0.6) is 0 Å². The zero-order valence-corrected chi connectivity index (χ0v) is 16.7. The summed E-state index contributed by atoms with van der Waals surface area (Å²) in [5, 5.41) is 0. The highest BCUT2D eigenvalue weighted by atomic mass is 16.6. The van der Waals surface area contributed by atoms with Crippen LogP contribution in [-0.4, -0.2) is 36.7 Å². The van der Waals surface area contributed by atoms with Crippen LogP contribution in [0.2, 0.25) is 0 Å². The number of ether oxygens (including phenoxy) is 3. The van der Waals surface area contributed by atoms with Gasteiger partial charge in [-0.25, -0.2) is 0 Å². The molecule has 0 radical (unpaired) electrons. The van der Waals surface area contributed by atoms with Gasteiger partial charge in [0.25, 0.3) is 0 Å². The Bertz CT molecular complexity index is 583. The number of esters is 3. The van der Waals surface area contributed by atoms with Gasteiger partial charge in [-0.15, -0.1) is 0 Å². The first-order valence-corrected chi connectivity index (χ1v) is 10.4. The normalized spacial score (nSPS) is 31.1. The van der Waals surface area contributed by atoms with Gasteiger partial charge < -0.3 is 14.2 Å². The van der Waals surface area contributed by atoms with Crippen molar-refractivity contribution in [2.45, 2.75) is 84.3 Å². The number of rotatable bonds is 10. The average Bonchev–Trinajstić information content (AvgIpc) is 3.25. The third-order valence-electron chi connectivity index (χ3n) is 6.63. The highest BCUT2D eigenvalue weighted by Gasteiger charge is 2.63. The molecule has 2 bridgehead atoms. The second kappa shape index (κ2) is 8.19. The van der Waals surface area contributed by atoms with E-state index in [9.17, 15) is 14.4 Å². The molecule has 6 heteroatoms. The molecule has 5 unspecified atom stereocenters. The molecule has 2 saturated carbocycles. The van der Waals surface area contributed by atoms with Crippen LogP contribution in [0.15, 0.2) is 0 Å². The average molecular weight is 380 g/mol. The molecule has 0 aromatic rings. The van der Waals surface area contributed by atoms with E-state index >= 15 is 0 Å². The topological polar surface area (TPSA) is 78.9 Å². The molecule has 27 heavy (non-hydrogen) atoms. The Morgan fingerprint density at radius 2 is 1.89 bits per heavy atom. The fourth-order valence-electron chi connectivity index (χ4n) is 4.50. The number of carbonyl (C=O) groups excluding carboxylic acids is 3. The first-order chi connectivity index (χ1) is 12.8. The van der Waals surface area contributed by atoms with E-state index in [1.54, 1.807) is 0 Å². The van der Waals surface area contributed by atoms with E-state index in [2.05, 4.69) is 0 Å². The molecule has 1 heterocycles. The summed E-state index contributed by atoms with van der Waals surface area (Å²) in [4.78, 5) is 35.7. The molecule has 3 aliphatic rings. The Labute approximate surface area is 161 Å². The van der Waals surface area contributed by atoms with Crippen molar-refractivity contribution >= 4 is 17.9 Å². The summed E-state index contributed by atoms with van der Waals surface area (Å²) in [6, 6.07) is 0. The van der Waals surface area contributed by atoms with Gasteiger partial charge in [-0.05, 0) is 46.0 Å². The van der Waals surface area contributed by atoms with E-state index in [1.165, 1.54) is 0 Å². The predicted octanol–water partition coefficient (Wildman–Crippen LogP) is 3.41. The van der Waals surface area contributed by atoms with Gasteiger partial charge in [0.05, 0.1) is 17.9 Å². The first-order valence-electron chi connectivity index (χ1n) is 10.4. The van der Waals surface area contributed by atoms with Crippen LogP contribution in [0.4, 0.5) is 0 Å². The van der Waals surface area contributed by atoms with Crippen LogP contribution in [0.3, 0.4) is 0 Å². The molecule has 0 amide bonds. The molecule has 1 saturated heterocycles. The monoisotopic (exact) mass is 380 g/mol. The van der Waals surface area contributed by atoms with Gasteiger partial charge >= 0.3 is 17.9 Å². The molecular weight excluding hydrogens is 348 g/mol. The van der Waals surface area contributed by atoms with Gasteiger partial charge in [0.2, 0.25) is 0 Å². The van der Waals surface area contributed by atoms with Crippen LogP contribution in [0.1, 0.15) is 72.1 Å². The van der Waals surface area contributed by atoms with Crippen molar-refractivity contribution in [3.63, 3.8) is 0 Å². The first kappa shape index (κ1) is 20.2.